The van der Waals surface area contributed by atoms with Crippen LogP contribution in [0.2, 0.25) is 5.02 Å². The Morgan fingerprint density at radius 3 is 2.88 bits per heavy atom. The number of aromatic hydroxyl groups is 1. The number of nitrogens with one attached hydrogen (secondary N) is 1. The summed E-state index contributed by atoms with van der Waals surface area (Å²) >= 11 is 5.97. The number of rotatable bonds is 6. The topological polar surface area (TPSA) is 32.3 Å². The van der Waals surface area contributed by atoms with Gasteiger partial charge in [-0.15, -0.1) is 12.3 Å². The maximum atomic E-state index is 9.58. The second-order valence-electron chi connectivity index (χ2n) is 3.58. The summed E-state index contributed by atoms with van der Waals surface area (Å²) in [4.78, 5) is 0. The van der Waals surface area contributed by atoms with Crippen LogP contribution in [0.3, 0.4) is 0 Å². The van der Waals surface area contributed by atoms with Crippen LogP contribution in [0.5, 0.6) is 5.75 Å². The summed E-state index contributed by atoms with van der Waals surface area (Å²) in [5.41, 5.74) is 0.751. The minimum atomic E-state index is 0.239. The van der Waals surface area contributed by atoms with Gasteiger partial charge in [0.15, 0.2) is 0 Å². The molecule has 0 aliphatic carbocycles. The fraction of sp³-hybridized carbons (Fsp3) is 0.385. The normalized spacial score (nSPS) is 10.0. The van der Waals surface area contributed by atoms with Crippen molar-refractivity contribution in [3.8, 4) is 18.1 Å². The highest BCUT2D eigenvalue weighted by Gasteiger charge is 2.04. The van der Waals surface area contributed by atoms with E-state index in [0.717, 1.165) is 31.4 Å². The Hall–Kier alpha value is -1.17. The highest BCUT2D eigenvalue weighted by Crippen LogP contribution is 2.24. The molecule has 0 atom stereocenters. The minimum Gasteiger partial charge on any atom is -0.508 e. The maximum Gasteiger partial charge on any atom is 0.121 e. The molecule has 0 aliphatic heterocycles. The number of hydrogen-bond donors (Lipinski definition) is 2. The molecule has 0 fully saturated rings. The third-order valence-corrected chi connectivity index (χ3v) is 2.67. The van der Waals surface area contributed by atoms with Crippen molar-refractivity contribution in [3.63, 3.8) is 0 Å². The molecule has 0 bridgehead atoms. The van der Waals surface area contributed by atoms with Gasteiger partial charge in [0, 0.05) is 23.6 Å². The van der Waals surface area contributed by atoms with Crippen molar-refractivity contribution in [1.82, 2.24) is 5.32 Å². The summed E-state index contributed by atoms with van der Waals surface area (Å²) in [7, 11) is 0. The van der Waals surface area contributed by atoms with E-state index in [1.54, 1.807) is 18.2 Å². The van der Waals surface area contributed by atoms with Gasteiger partial charge in [-0.2, -0.15) is 0 Å². The minimum absolute atomic E-state index is 0.239. The Balaban J connectivity index is 2.30. The molecule has 0 heterocycles. The van der Waals surface area contributed by atoms with Crippen molar-refractivity contribution in [2.45, 2.75) is 25.8 Å². The monoisotopic (exact) mass is 237 g/mol. The van der Waals surface area contributed by atoms with Crippen LogP contribution in [-0.2, 0) is 6.54 Å². The van der Waals surface area contributed by atoms with Crippen molar-refractivity contribution in [2.24, 2.45) is 0 Å². The van der Waals surface area contributed by atoms with Crippen molar-refractivity contribution >= 4 is 11.6 Å². The van der Waals surface area contributed by atoms with Gasteiger partial charge >= 0.3 is 0 Å². The molecule has 0 aromatic heterocycles. The molecule has 1 aromatic carbocycles. The largest absolute Gasteiger partial charge is 0.508 e. The van der Waals surface area contributed by atoms with Gasteiger partial charge in [-0.1, -0.05) is 17.7 Å². The van der Waals surface area contributed by atoms with Crippen molar-refractivity contribution in [1.29, 1.82) is 0 Å². The second-order valence-corrected chi connectivity index (χ2v) is 3.98. The first-order valence-electron chi connectivity index (χ1n) is 5.36. The number of benzene rings is 1. The first-order chi connectivity index (χ1) is 7.75. The molecule has 3 heteroatoms. The Bertz CT molecular complexity index is 350. The third-order valence-electron chi connectivity index (χ3n) is 2.32. The quantitative estimate of drug-likeness (QED) is 0.589. The van der Waals surface area contributed by atoms with Gasteiger partial charge in [0.1, 0.15) is 5.75 Å². The van der Waals surface area contributed by atoms with E-state index in [-0.39, 0.29) is 5.75 Å². The van der Waals surface area contributed by atoms with Crippen LogP contribution in [-0.4, -0.2) is 11.7 Å². The smallest absolute Gasteiger partial charge is 0.121 e. The highest BCUT2D eigenvalue weighted by atomic mass is 35.5. The van der Waals surface area contributed by atoms with Gasteiger partial charge in [0.2, 0.25) is 0 Å². The van der Waals surface area contributed by atoms with Crippen LogP contribution in [0, 0.1) is 12.3 Å². The lowest BCUT2D eigenvalue weighted by Crippen LogP contribution is -2.15. The Kier molecular flexibility index (Phi) is 5.77. The summed E-state index contributed by atoms with van der Waals surface area (Å²) in [6, 6.07) is 5.14. The van der Waals surface area contributed by atoms with Crippen molar-refractivity contribution < 1.29 is 5.11 Å². The van der Waals surface area contributed by atoms with E-state index in [4.69, 9.17) is 18.0 Å². The zero-order valence-electron chi connectivity index (χ0n) is 9.17. The average molecular weight is 238 g/mol. The number of hydrogen-bond acceptors (Lipinski definition) is 2. The third kappa shape index (κ3) is 4.14. The van der Waals surface area contributed by atoms with Crippen LogP contribution >= 0.6 is 11.6 Å². The van der Waals surface area contributed by atoms with Crippen molar-refractivity contribution in [2.75, 3.05) is 6.54 Å². The van der Waals surface area contributed by atoms with Gasteiger partial charge in [0.05, 0.1) is 0 Å². The van der Waals surface area contributed by atoms with E-state index in [1.165, 1.54) is 0 Å². The van der Waals surface area contributed by atoms with Crippen molar-refractivity contribution in [3.05, 3.63) is 28.8 Å². The molecule has 0 amide bonds. The Labute approximate surface area is 102 Å². The molecular weight excluding hydrogens is 222 g/mol. The van der Waals surface area contributed by atoms with Crippen LogP contribution in [0.1, 0.15) is 24.8 Å². The van der Waals surface area contributed by atoms with Gasteiger partial charge < -0.3 is 10.4 Å². The summed E-state index contributed by atoms with van der Waals surface area (Å²) < 4.78 is 0. The molecule has 0 saturated carbocycles. The fourth-order valence-corrected chi connectivity index (χ4v) is 1.65. The maximum absolute atomic E-state index is 9.58. The molecule has 0 unspecified atom stereocenters. The van der Waals surface area contributed by atoms with E-state index in [9.17, 15) is 5.11 Å². The van der Waals surface area contributed by atoms with Crippen LogP contribution in [0.25, 0.3) is 0 Å². The molecule has 86 valence electrons. The van der Waals surface area contributed by atoms with E-state index in [0.29, 0.717) is 11.6 Å². The number of phenolic OH excluding ortho intramolecular Hbond substituents is 1. The molecule has 0 radical (unpaired) electrons. The zero-order valence-corrected chi connectivity index (χ0v) is 9.93. The van der Waals surface area contributed by atoms with E-state index >= 15 is 0 Å². The Morgan fingerprint density at radius 1 is 1.38 bits per heavy atom. The average Bonchev–Trinajstić information content (AvgIpc) is 2.26. The summed E-state index contributed by atoms with van der Waals surface area (Å²) in [5, 5.41) is 13.4. The molecular formula is C13H16ClNO. The van der Waals surface area contributed by atoms with Gasteiger partial charge in [-0.05, 0) is 31.5 Å². The van der Waals surface area contributed by atoms with Gasteiger partial charge in [-0.25, -0.2) is 0 Å². The van der Waals surface area contributed by atoms with E-state index in [2.05, 4.69) is 11.2 Å². The molecule has 2 nitrogen and oxygen atoms in total. The molecule has 2 N–H and O–H groups in total. The Morgan fingerprint density at radius 2 is 2.19 bits per heavy atom. The molecule has 1 rings (SSSR count). The van der Waals surface area contributed by atoms with E-state index < -0.39 is 0 Å². The SMILES string of the molecule is C#CCCCCNCc1c(O)cccc1Cl. The lowest BCUT2D eigenvalue weighted by atomic mass is 10.2. The second kappa shape index (κ2) is 7.16. The highest BCUT2D eigenvalue weighted by molar-refractivity contribution is 6.31. The van der Waals surface area contributed by atoms with Gasteiger partial charge in [0.25, 0.3) is 0 Å². The molecule has 16 heavy (non-hydrogen) atoms. The number of unbranched alkanes of at least 4 members (excludes halogenated alkanes) is 2. The predicted molar refractivity (Wildman–Crippen MR) is 67.5 cm³/mol. The molecule has 1 aromatic rings. The standard InChI is InChI=1S/C13H16ClNO/c1-2-3-4-5-9-15-10-11-12(14)7-6-8-13(11)16/h1,6-8,15-16H,3-5,9-10H2. The lowest BCUT2D eigenvalue weighted by Gasteiger charge is -2.08. The van der Waals surface area contributed by atoms with Gasteiger partial charge in [-0.3, -0.25) is 0 Å². The first-order valence-corrected chi connectivity index (χ1v) is 5.74. The zero-order chi connectivity index (χ0) is 11.8. The summed E-state index contributed by atoms with van der Waals surface area (Å²) in [6.07, 6.45) is 8.03. The first kappa shape index (κ1) is 12.9. The van der Waals surface area contributed by atoms with Crippen LogP contribution in [0.4, 0.5) is 0 Å². The summed E-state index contributed by atoms with van der Waals surface area (Å²) in [5.74, 6) is 2.85. The predicted octanol–water partition coefficient (Wildman–Crippen LogP) is 2.94. The lowest BCUT2D eigenvalue weighted by molar-refractivity contribution is 0.464. The fourth-order valence-electron chi connectivity index (χ4n) is 1.41. The number of phenols is 1. The number of terminal acetylenes is 1. The summed E-state index contributed by atoms with van der Waals surface area (Å²) in [6.45, 7) is 1.47. The molecule has 0 saturated heterocycles. The molecule has 0 aliphatic rings. The molecule has 0 spiro atoms. The van der Waals surface area contributed by atoms with Crippen LogP contribution < -0.4 is 5.32 Å². The van der Waals surface area contributed by atoms with Crippen LogP contribution in [0.15, 0.2) is 18.2 Å². The van der Waals surface area contributed by atoms with E-state index in [1.807, 2.05) is 0 Å². The number of halogens is 1.